The van der Waals surface area contributed by atoms with Gasteiger partial charge in [0.15, 0.2) is 11.5 Å². The zero-order chi connectivity index (χ0) is 23.4. The second-order valence-corrected chi connectivity index (χ2v) is 7.15. The SMILES string of the molecule is COc1cc(C=CC(=O)OCc2cc(=O)oc3ccc4ccccc4c23)cc(OC)c1OC. The highest BCUT2D eigenvalue weighted by Gasteiger charge is 2.13. The van der Waals surface area contributed by atoms with Crippen LogP contribution in [0.2, 0.25) is 0 Å². The second kappa shape index (κ2) is 9.48. The fourth-order valence-electron chi connectivity index (χ4n) is 3.69. The first-order valence-corrected chi connectivity index (χ1v) is 10.1. The van der Waals surface area contributed by atoms with Gasteiger partial charge in [-0.05, 0) is 40.6 Å². The summed E-state index contributed by atoms with van der Waals surface area (Å²) in [5.41, 5.74) is 1.18. The maximum atomic E-state index is 12.4. The Kier molecular flexibility index (Phi) is 6.31. The van der Waals surface area contributed by atoms with Gasteiger partial charge in [-0.3, -0.25) is 0 Å². The maximum absolute atomic E-state index is 12.4. The van der Waals surface area contributed by atoms with Crippen LogP contribution >= 0.6 is 0 Å². The zero-order valence-electron chi connectivity index (χ0n) is 18.4. The highest BCUT2D eigenvalue weighted by molar-refractivity contribution is 6.07. The van der Waals surface area contributed by atoms with Crippen LogP contribution in [0.15, 0.2) is 69.9 Å². The van der Waals surface area contributed by atoms with Gasteiger partial charge in [-0.1, -0.05) is 30.3 Å². The molecule has 0 aliphatic rings. The van der Waals surface area contributed by atoms with Crippen LogP contribution in [0.5, 0.6) is 17.2 Å². The molecule has 7 nitrogen and oxygen atoms in total. The van der Waals surface area contributed by atoms with Crippen LogP contribution in [-0.4, -0.2) is 27.3 Å². The van der Waals surface area contributed by atoms with Gasteiger partial charge in [-0.25, -0.2) is 9.59 Å². The lowest BCUT2D eigenvalue weighted by atomic mass is 10.0. The predicted molar refractivity (Wildman–Crippen MR) is 125 cm³/mol. The first-order chi connectivity index (χ1) is 16.0. The molecule has 0 amide bonds. The molecule has 0 atom stereocenters. The molecule has 4 rings (SSSR count). The molecule has 1 aromatic heterocycles. The molecular weight excluding hydrogens is 424 g/mol. The summed E-state index contributed by atoms with van der Waals surface area (Å²) >= 11 is 0. The normalized spacial score (nSPS) is 11.1. The van der Waals surface area contributed by atoms with Crippen LogP contribution in [0.1, 0.15) is 11.1 Å². The number of hydrogen-bond acceptors (Lipinski definition) is 7. The average Bonchev–Trinajstić information content (AvgIpc) is 2.84. The van der Waals surface area contributed by atoms with E-state index in [1.54, 1.807) is 24.3 Å². The van der Waals surface area contributed by atoms with Crippen molar-refractivity contribution in [2.45, 2.75) is 6.61 Å². The van der Waals surface area contributed by atoms with E-state index in [9.17, 15) is 9.59 Å². The van der Waals surface area contributed by atoms with Gasteiger partial charge in [0, 0.05) is 23.1 Å². The van der Waals surface area contributed by atoms with Crippen molar-refractivity contribution in [2.75, 3.05) is 21.3 Å². The van der Waals surface area contributed by atoms with Gasteiger partial charge in [-0.15, -0.1) is 0 Å². The molecule has 3 aromatic carbocycles. The Morgan fingerprint density at radius 1 is 0.939 bits per heavy atom. The van der Waals surface area contributed by atoms with Gasteiger partial charge >= 0.3 is 11.6 Å². The third kappa shape index (κ3) is 4.52. The molecule has 0 unspecified atom stereocenters. The summed E-state index contributed by atoms with van der Waals surface area (Å²) in [5.74, 6) is 0.838. The molecule has 0 aliphatic heterocycles. The molecule has 0 saturated carbocycles. The minimum Gasteiger partial charge on any atom is -0.493 e. The second-order valence-electron chi connectivity index (χ2n) is 7.15. The van der Waals surface area contributed by atoms with E-state index in [2.05, 4.69) is 0 Å². The Morgan fingerprint density at radius 3 is 2.36 bits per heavy atom. The largest absolute Gasteiger partial charge is 0.493 e. The van der Waals surface area contributed by atoms with Gasteiger partial charge < -0.3 is 23.4 Å². The minimum absolute atomic E-state index is 0.0749. The van der Waals surface area contributed by atoms with Gasteiger partial charge in [0.05, 0.1) is 21.3 Å². The van der Waals surface area contributed by atoms with Crippen LogP contribution in [-0.2, 0) is 16.1 Å². The van der Waals surface area contributed by atoms with E-state index >= 15 is 0 Å². The number of hydrogen-bond donors (Lipinski definition) is 0. The maximum Gasteiger partial charge on any atom is 0.336 e. The predicted octanol–water partition coefficient (Wildman–Crippen LogP) is 4.73. The molecule has 0 fully saturated rings. The molecule has 4 aromatic rings. The first kappa shape index (κ1) is 22.0. The van der Waals surface area contributed by atoms with E-state index in [1.807, 2.05) is 30.3 Å². The Labute approximate surface area is 189 Å². The molecule has 0 aliphatic carbocycles. The van der Waals surface area contributed by atoms with E-state index < -0.39 is 11.6 Å². The molecule has 0 bridgehead atoms. The fraction of sp³-hybridized carbons (Fsp3) is 0.154. The Bertz CT molecular complexity index is 1390. The quantitative estimate of drug-likeness (QED) is 0.176. The van der Waals surface area contributed by atoms with Crippen molar-refractivity contribution in [2.24, 2.45) is 0 Å². The van der Waals surface area contributed by atoms with Gasteiger partial charge in [0.2, 0.25) is 5.75 Å². The number of rotatable bonds is 7. The molecular formula is C26H22O7. The summed E-state index contributed by atoms with van der Waals surface area (Å²) < 4.78 is 26.7. The summed E-state index contributed by atoms with van der Waals surface area (Å²) in [5, 5.41) is 2.65. The van der Waals surface area contributed by atoms with Crippen LogP contribution in [0.3, 0.4) is 0 Å². The highest BCUT2D eigenvalue weighted by atomic mass is 16.5. The van der Waals surface area contributed by atoms with Crippen molar-refractivity contribution in [3.8, 4) is 17.2 Å². The molecule has 7 heteroatoms. The van der Waals surface area contributed by atoms with Crippen molar-refractivity contribution >= 4 is 33.8 Å². The van der Waals surface area contributed by atoms with E-state index in [0.29, 0.717) is 34.0 Å². The highest BCUT2D eigenvalue weighted by Crippen LogP contribution is 2.38. The fourth-order valence-corrected chi connectivity index (χ4v) is 3.69. The molecule has 33 heavy (non-hydrogen) atoms. The number of esters is 1. The van der Waals surface area contributed by atoms with E-state index in [4.69, 9.17) is 23.4 Å². The van der Waals surface area contributed by atoms with Crippen LogP contribution in [0, 0.1) is 0 Å². The number of benzene rings is 3. The molecule has 168 valence electrons. The number of ether oxygens (including phenoxy) is 4. The number of carbonyl (C=O) groups excluding carboxylic acids is 1. The Hall–Kier alpha value is -4.26. The number of methoxy groups -OCH3 is 3. The monoisotopic (exact) mass is 446 g/mol. The van der Waals surface area contributed by atoms with Crippen LogP contribution < -0.4 is 19.8 Å². The lowest BCUT2D eigenvalue weighted by Crippen LogP contribution is -2.06. The van der Waals surface area contributed by atoms with Gasteiger partial charge in [-0.2, -0.15) is 0 Å². The summed E-state index contributed by atoms with van der Waals surface area (Å²) in [6, 6.07) is 16.2. The molecule has 0 saturated heterocycles. The summed E-state index contributed by atoms with van der Waals surface area (Å²) in [6.07, 6.45) is 2.88. The van der Waals surface area contributed by atoms with Gasteiger partial charge in [0.1, 0.15) is 12.2 Å². The van der Waals surface area contributed by atoms with Crippen molar-refractivity contribution in [1.82, 2.24) is 0 Å². The van der Waals surface area contributed by atoms with E-state index in [-0.39, 0.29) is 6.61 Å². The van der Waals surface area contributed by atoms with E-state index in [0.717, 1.165) is 16.2 Å². The molecule has 1 heterocycles. The van der Waals surface area contributed by atoms with Crippen molar-refractivity contribution in [3.63, 3.8) is 0 Å². The minimum atomic E-state index is -0.564. The van der Waals surface area contributed by atoms with Crippen LogP contribution in [0.25, 0.3) is 27.8 Å². The summed E-state index contributed by atoms with van der Waals surface area (Å²) in [4.78, 5) is 24.4. The molecule has 0 radical (unpaired) electrons. The lowest BCUT2D eigenvalue weighted by molar-refractivity contribution is -0.138. The zero-order valence-corrected chi connectivity index (χ0v) is 18.4. The first-order valence-electron chi connectivity index (χ1n) is 10.1. The standard InChI is InChI=1S/C26H22O7/c1-29-21-12-16(13-22(30-2)26(21)31-3)8-11-23(27)32-15-18-14-24(28)33-20-10-9-17-6-4-5-7-19(17)25(18)20/h4-14H,15H2,1-3H3. The number of carbonyl (C=O) groups is 1. The average molecular weight is 446 g/mol. The summed E-state index contributed by atoms with van der Waals surface area (Å²) in [6.45, 7) is -0.0749. The third-order valence-electron chi connectivity index (χ3n) is 5.18. The lowest BCUT2D eigenvalue weighted by Gasteiger charge is -2.12. The summed E-state index contributed by atoms with van der Waals surface area (Å²) in [7, 11) is 4.55. The van der Waals surface area contributed by atoms with Crippen molar-refractivity contribution in [1.29, 1.82) is 0 Å². The molecule has 0 spiro atoms. The third-order valence-corrected chi connectivity index (χ3v) is 5.18. The smallest absolute Gasteiger partial charge is 0.336 e. The van der Waals surface area contributed by atoms with E-state index in [1.165, 1.54) is 33.5 Å². The van der Waals surface area contributed by atoms with Crippen LogP contribution in [0.4, 0.5) is 0 Å². The molecule has 0 N–H and O–H groups in total. The van der Waals surface area contributed by atoms with Crippen molar-refractivity contribution < 1.29 is 28.2 Å². The Morgan fingerprint density at radius 2 is 1.67 bits per heavy atom. The van der Waals surface area contributed by atoms with Crippen molar-refractivity contribution in [3.05, 3.63) is 82.2 Å². The number of fused-ring (bicyclic) bond motifs is 3. The topological polar surface area (TPSA) is 84.2 Å². The van der Waals surface area contributed by atoms with Gasteiger partial charge in [0.25, 0.3) is 0 Å². The Balaban J connectivity index is 1.58.